The van der Waals surface area contributed by atoms with E-state index in [1.165, 1.54) is 24.9 Å². The van der Waals surface area contributed by atoms with Crippen molar-refractivity contribution >= 4 is 11.5 Å². The Balaban J connectivity index is 1.34. The van der Waals surface area contributed by atoms with Crippen LogP contribution in [-0.2, 0) is 6.54 Å². The number of likely N-dealkylation sites (tertiary alicyclic amines) is 1. The van der Waals surface area contributed by atoms with Crippen LogP contribution in [0.4, 0.5) is 5.82 Å². The molecule has 0 saturated carbocycles. The SMILES string of the molecule is Cc1nnc2ccc(NCC3CCCN(Cc4ccccc4)C3)nn12. The zero-order valence-corrected chi connectivity index (χ0v) is 14.6. The molecule has 130 valence electrons. The topological polar surface area (TPSA) is 58.4 Å². The van der Waals surface area contributed by atoms with Crippen LogP contribution in [0.15, 0.2) is 42.5 Å². The fourth-order valence-corrected chi connectivity index (χ4v) is 3.54. The van der Waals surface area contributed by atoms with E-state index in [1.54, 1.807) is 4.52 Å². The number of nitrogens with zero attached hydrogens (tertiary/aromatic N) is 5. The summed E-state index contributed by atoms with van der Waals surface area (Å²) in [5.74, 6) is 2.35. The zero-order chi connectivity index (χ0) is 17.1. The van der Waals surface area contributed by atoms with Gasteiger partial charge in [-0.25, -0.2) is 0 Å². The molecular formula is C19H24N6. The number of piperidine rings is 1. The van der Waals surface area contributed by atoms with Crippen LogP contribution in [-0.4, -0.2) is 44.3 Å². The number of fused-ring (bicyclic) bond motifs is 1. The minimum atomic E-state index is 0.650. The average molecular weight is 336 g/mol. The van der Waals surface area contributed by atoms with Crippen LogP contribution < -0.4 is 5.32 Å². The molecule has 25 heavy (non-hydrogen) atoms. The van der Waals surface area contributed by atoms with E-state index >= 15 is 0 Å². The van der Waals surface area contributed by atoms with Gasteiger partial charge in [0.05, 0.1) is 0 Å². The Hall–Kier alpha value is -2.47. The number of benzene rings is 1. The summed E-state index contributed by atoms with van der Waals surface area (Å²) in [5, 5.41) is 16.2. The fourth-order valence-electron chi connectivity index (χ4n) is 3.54. The molecule has 0 aliphatic carbocycles. The predicted molar refractivity (Wildman–Crippen MR) is 98.5 cm³/mol. The molecule has 1 aliphatic rings. The van der Waals surface area contributed by atoms with Crippen LogP contribution in [0.2, 0.25) is 0 Å². The summed E-state index contributed by atoms with van der Waals surface area (Å²) in [7, 11) is 0. The Kier molecular flexibility index (Phi) is 4.61. The van der Waals surface area contributed by atoms with E-state index in [-0.39, 0.29) is 0 Å². The van der Waals surface area contributed by atoms with Crippen molar-refractivity contribution in [1.82, 2.24) is 24.7 Å². The van der Waals surface area contributed by atoms with Crippen molar-refractivity contribution in [2.75, 3.05) is 25.0 Å². The smallest absolute Gasteiger partial charge is 0.178 e. The van der Waals surface area contributed by atoms with E-state index in [0.29, 0.717) is 5.92 Å². The lowest BCUT2D eigenvalue weighted by Gasteiger charge is -2.33. The summed E-state index contributed by atoms with van der Waals surface area (Å²) in [6.07, 6.45) is 2.53. The number of nitrogens with one attached hydrogen (secondary N) is 1. The molecule has 0 radical (unpaired) electrons. The van der Waals surface area contributed by atoms with Gasteiger partial charge in [-0.15, -0.1) is 15.3 Å². The highest BCUT2D eigenvalue weighted by atomic mass is 15.4. The van der Waals surface area contributed by atoms with Crippen LogP contribution in [0.5, 0.6) is 0 Å². The highest BCUT2D eigenvalue weighted by molar-refractivity contribution is 5.43. The van der Waals surface area contributed by atoms with Gasteiger partial charge in [-0.05, 0) is 49.9 Å². The molecule has 6 heteroatoms. The maximum absolute atomic E-state index is 4.57. The Morgan fingerprint density at radius 3 is 2.88 bits per heavy atom. The second kappa shape index (κ2) is 7.19. The van der Waals surface area contributed by atoms with Gasteiger partial charge in [-0.1, -0.05) is 30.3 Å². The maximum Gasteiger partial charge on any atom is 0.178 e. The largest absolute Gasteiger partial charge is 0.368 e. The standard InChI is InChI=1S/C19H24N6/c1-15-21-22-19-10-9-18(23-25(15)19)20-12-17-8-5-11-24(14-17)13-16-6-3-2-4-7-16/h2-4,6-7,9-10,17H,5,8,11-14H2,1H3,(H,20,23). The third-order valence-corrected chi connectivity index (χ3v) is 4.84. The molecule has 6 nitrogen and oxygen atoms in total. The number of aromatic nitrogens is 4. The van der Waals surface area contributed by atoms with Crippen molar-refractivity contribution in [1.29, 1.82) is 0 Å². The van der Waals surface area contributed by atoms with E-state index < -0.39 is 0 Å². The van der Waals surface area contributed by atoms with E-state index in [9.17, 15) is 0 Å². The lowest BCUT2D eigenvalue weighted by molar-refractivity contribution is 0.173. The molecular weight excluding hydrogens is 312 g/mol. The zero-order valence-electron chi connectivity index (χ0n) is 14.6. The van der Waals surface area contributed by atoms with Gasteiger partial charge in [-0.3, -0.25) is 4.90 Å². The second-order valence-corrected chi connectivity index (χ2v) is 6.85. The Morgan fingerprint density at radius 1 is 1.12 bits per heavy atom. The molecule has 3 heterocycles. The summed E-state index contributed by atoms with van der Waals surface area (Å²) in [4.78, 5) is 2.56. The first-order valence-corrected chi connectivity index (χ1v) is 8.97. The first kappa shape index (κ1) is 16.0. The molecule has 1 aliphatic heterocycles. The predicted octanol–water partition coefficient (Wildman–Crippen LogP) is 2.76. The summed E-state index contributed by atoms with van der Waals surface area (Å²) in [5.41, 5.74) is 2.18. The van der Waals surface area contributed by atoms with Gasteiger partial charge in [0.25, 0.3) is 0 Å². The minimum Gasteiger partial charge on any atom is -0.368 e. The number of hydrogen-bond acceptors (Lipinski definition) is 5. The van der Waals surface area contributed by atoms with Gasteiger partial charge in [-0.2, -0.15) is 4.52 Å². The normalized spacial score (nSPS) is 18.5. The average Bonchev–Trinajstić information content (AvgIpc) is 3.02. The molecule has 2 aromatic heterocycles. The van der Waals surface area contributed by atoms with Crippen molar-refractivity contribution in [2.45, 2.75) is 26.3 Å². The number of hydrogen-bond donors (Lipinski definition) is 1. The number of aryl methyl sites for hydroxylation is 1. The van der Waals surface area contributed by atoms with Crippen molar-refractivity contribution in [3.05, 3.63) is 53.9 Å². The Bertz CT molecular complexity index is 828. The third-order valence-electron chi connectivity index (χ3n) is 4.84. The van der Waals surface area contributed by atoms with Crippen molar-refractivity contribution < 1.29 is 0 Å². The van der Waals surface area contributed by atoms with Gasteiger partial charge >= 0.3 is 0 Å². The van der Waals surface area contributed by atoms with Gasteiger partial charge in [0.2, 0.25) is 0 Å². The molecule has 1 N–H and O–H groups in total. The molecule has 0 spiro atoms. The van der Waals surface area contributed by atoms with Crippen LogP contribution in [0.25, 0.3) is 5.65 Å². The van der Waals surface area contributed by atoms with Crippen molar-refractivity contribution in [3.63, 3.8) is 0 Å². The van der Waals surface area contributed by atoms with Crippen LogP contribution in [0.1, 0.15) is 24.2 Å². The second-order valence-electron chi connectivity index (χ2n) is 6.85. The van der Waals surface area contributed by atoms with Gasteiger partial charge < -0.3 is 5.32 Å². The molecule has 1 fully saturated rings. The molecule has 4 rings (SSSR count). The van der Waals surface area contributed by atoms with Gasteiger partial charge in [0, 0.05) is 19.6 Å². The highest BCUT2D eigenvalue weighted by Gasteiger charge is 2.20. The molecule has 1 aromatic carbocycles. The minimum absolute atomic E-state index is 0.650. The van der Waals surface area contributed by atoms with Gasteiger partial charge in [0.15, 0.2) is 11.5 Å². The molecule has 0 amide bonds. The van der Waals surface area contributed by atoms with Crippen molar-refractivity contribution in [2.24, 2.45) is 5.92 Å². The Labute approximate surface area is 147 Å². The lowest BCUT2D eigenvalue weighted by Crippen LogP contribution is -2.37. The quantitative estimate of drug-likeness (QED) is 0.776. The fraction of sp³-hybridized carbons (Fsp3) is 0.421. The lowest BCUT2D eigenvalue weighted by atomic mass is 9.97. The molecule has 1 saturated heterocycles. The Morgan fingerprint density at radius 2 is 2.00 bits per heavy atom. The molecule has 1 atom stereocenters. The summed E-state index contributed by atoms with van der Waals surface area (Å²) in [6.45, 7) is 6.23. The monoisotopic (exact) mass is 336 g/mol. The summed E-state index contributed by atoms with van der Waals surface area (Å²) >= 11 is 0. The van der Waals surface area contributed by atoms with Gasteiger partial charge in [0.1, 0.15) is 5.82 Å². The number of anilines is 1. The van der Waals surface area contributed by atoms with Crippen molar-refractivity contribution in [3.8, 4) is 0 Å². The summed E-state index contributed by atoms with van der Waals surface area (Å²) < 4.78 is 1.78. The maximum atomic E-state index is 4.57. The van der Waals surface area contributed by atoms with Crippen LogP contribution in [0.3, 0.4) is 0 Å². The first-order chi connectivity index (χ1) is 12.3. The highest BCUT2D eigenvalue weighted by Crippen LogP contribution is 2.19. The van der Waals surface area contributed by atoms with E-state index in [0.717, 1.165) is 36.9 Å². The van der Waals surface area contributed by atoms with Crippen LogP contribution >= 0.6 is 0 Å². The van der Waals surface area contributed by atoms with Crippen LogP contribution in [0, 0.1) is 12.8 Å². The van der Waals surface area contributed by atoms with E-state index in [1.807, 2.05) is 19.1 Å². The first-order valence-electron chi connectivity index (χ1n) is 8.97. The molecule has 3 aromatic rings. The molecule has 0 bridgehead atoms. The van der Waals surface area contributed by atoms with E-state index in [4.69, 9.17) is 0 Å². The summed E-state index contributed by atoms with van der Waals surface area (Å²) in [6, 6.07) is 14.7. The van der Waals surface area contributed by atoms with E-state index in [2.05, 4.69) is 55.8 Å². The third kappa shape index (κ3) is 3.79. The molecule has 1 unspecified atom stereocenters. The number of rotatable bonds is 5.